The van der Waals surface area contributed by atoms with Gasteiger partial charge in [0.15, 0.2) is 17.5 Å². The Bertz CT molecular complexity index is 3700. The van der Waals surface area contributed by atoms with Crippen molar-refractivity contribution in [3.05, 3.63) is 209 Å². The van der Waals surface area contributed by atoms with Crippen molar-refractivity contribution >= 4 is 23.6 Å². The molecule has 9 aromatic rings. The monoisotopic (exact) mass is 1040 g/mol. The second-order valence-corrected chi connectivity index (χ2v) is 16.9. The molecular formula is C55H34F10N10O. The summed E-state index contributed by atoms with van der Waals surface area (Å²) in [6.07, 6.45) is -7.89. The normalized spacial score (nSPS) is 14.1. The molecule has 5 aromatic carbocycles. The molecule has 380 valence electrons. The summed E-state index contributed by atoms with van der Waals surface area (Å²) in [5.41, 5.74) is -1.27. The molecular weight excluding hydrogens is 1010 g/mol. The van der Waals surface area contributed by atoms with Crippen LogP contribution in [0.2, 0.25) is 0 Å². The third-order valence-corrected chi connectivity index (χ3v) is 12.2. The molecule has 76 heavy (non-hydrogen) atoms. The van der Waals surface area contributed by atoms with Crippen LogP contribution in [-0.2, 0) is 31.8 Å². The SMILES string of the molecule is OCc1ccccc1-c1nc(C2=C(c3nccc(-c4cccc(CF)c4)n3)C(c3ccccc3C(F)(F)F)N(c3nccc(-c4cccc(C(F)(F)F)c4)n3)C=N2)ncc1-c1nccc(-c2ccc(C(F)(F)F)cc2)n1. The Morgan fingerprint density at radius 3 is 1.86 bits per heavy atom. The fraction of sp³-hybridized carbons (Fsp3) is 0.109. The van der Waals surface area contributed by atoms with Crippen molar-refractivity contribution in [1.82, 2.24) is 39.9 Å². The van der Waals surface area contributed by atoms with E-state index in [1.165, 1.54) is 96.4 Å². The van der Waals surface area contributed by atoms with Gasteiger partial charge in [-0.05, 0) is 71.3 Å². The molecule has 0 amide bonds. The zero-order chi connectivity index (χ0) is 53.4. The van der Waals surface area contributed by atoms with Gasteiger partial charge in [0.1, 0.15) is 12.4 Å². The predicted octanol–water partition coefficient (Wildman–Crippen LogP) is 13.4. The van der Waals surface area contributed by atoms with Crippen LogP contribution in [0.15, 0.2) is 169 Å². The first-order valence-electron chi connectivity index (χ1n) is 22.8. The predicted molar refractivity (Wildman–Crippen MR) is 262 cm³/mol. The summed E-state index contributed by atoms with van der Waals surface area (Å²) in [7, 11) is 0. The first-order valence-corrected chi connectivity index (χ1v) is 22.8. The molecule has 5 heterocycles. The van der Waals surface area contributed by atoms with Crippen LogP contribution < -0.4 is 4.90 Å². The molecule has 0 bridgehead atoms. The number of benzene rings is 5. The molecule has 0 spiro atoms. The number of rotatable bonds is 11. The maximum atomic E-state index is 15.4. The highest BCUT2D eigenvalue weighted by molar-refractivity contribution is 6.01. The zero-order valence-electron chi connectivity index (χ0n) is 38.9. The number of nitrogens with zero attached hydrogens (tertiary/aromatic N) is 10. The molecule has 0 saturated carbocycles. The third-order valence-electron chi connectivity index (χ3n) is 12.2. The summed E-state index contributed by atoms with van der Waals surface area (Å²) in [4.78, 5) is 43.2. The molecule has 0 radical (unpaired) electrons. The van der Waals surface area contributed by atoms with Crippen molar-refractivity contribution in [2.45, 2.75) is 37.9 Å². The minimum Gasteiger partial charge on any atom is -0.392 e. The Hall–Kier alpha value is -9.11. The maximum Gasteiger partial charge on any atom is 0.416 e. The Balaban J connectivity index is 1.23. The average Bonchev–Trinajstić information content (AvgIpc) is 3.46. The van der Waals surface area contributed by atoms with Crippen LogP contribution in [0.3, 0.4) is 0 Å². The van der Waals surface area contributed by atoms with Gasteiger partial charge >= 0.3 is 18.5 Å². The van der Waals surface area contributed by atoms with Crippen molar-refractivity contribution in [3.8, 4) is 56.4 Å². The Morgan fingerprint density at radius 1 is 0.513 bits per heavy atom. The van der Waals surface area contributed by atoms with E-state index < -0.39 is 60.1 Å². The van der Waals surface area contributed by atoms with Crippen LogP contribution in [0.1, 0.15) is 51.1 Å². The van der Waals surface area contributed by atoms with Gasteiger partial charge in [0.2, 0.25) is 5.95 Å². The fourth-order valence-electron chi connectivity index (χ4n) is 8.58. The van der Waals surface area contributed by atoms with Gasteiger partial charge in [-0.3, -0.25) is 4.90 Å². The van der Waals surface area contributed by atoms with Crippen LogP contribution in [-0.4, -0.2) is 51.3 Å². The highest BCUT2D eigenvalue weighted by atomic mass is 19.4. The smallest absolute Gasteiger partial charge is 0.392 e. The number of anilines is 1. The van der Waals surface area contributed by atoms with Crippen molar-refractivity contribution < 1.29 is 49.0 Å². The summed E-state index contributed by atoms with van der Waals surface area (Å²) in [6, 6.07) is 28.9. The average molecular weight is 1040 g/mol. The van der Waals surface area contributed by atoms with Gasteiger partial charge in [-0.25, -0.2) is 49.3 Å². The molecule has 21 heteroatoms. The highest BCUT2D eigenvalue weighted by Gasteiger charge is 2.42. The highest BCUT2D eigenvalue weighted by Crippen LogP contribution is 2.47. The first-order chi connectivity index (χ1) is 36.5. The Morgan fingerprint density at radius 2 is 1.14 bits per heavy atom. The molecule has 1 unspecified atom stereocenters. The minimum absolute atomic E-state index is 0.000501. The molecule has 0 fully saturated rings. The van der Waals surface area contributed by atoms with E-state index in [0.717, 1.165) is 36.7 Å². The van der Waals surface area contributed by atoms with E-state index in [4.69, 9.17) is 19.9 Å². The van der Waals surface area contributed by atoms with Crippen LogP contribution in [0.5, 0.6) is 0 Å². The van der Waals surface area contributed by atoms with E-state index >= 15 is 13.2 Å². The minimum atomic E-state index is -4.99. The number of aliphatic hydroxyl groups excluding tert-OH is 1. The van der Waals surface area contributed by atoms with E-state index in [9.17, 15) is 35.8 Å². The summed E-state index contributed by atoms with van der Waals surface area (Å²) in [5, 5.41) is 10.6. The molecule has 1 atom stereocenters. The molecule has 11 nitrogen and oxygen atoms in total. The Kier molecular flexibility index (Phi) is 13.5. The van der Waals surface area contributed by atoms with E-state index in [1.54, 1.807) is 42.5 Å². The molecule has 0 saturated heterocycles. The van der Waals surface area contributed by atoms with Gasteiger partial charge < -0.3 is 5.11 Å². The molecule has 0 aliphatic carbocycles. The largest absolute Gasteiger partial charge is 0.416 e. The van der Waals surface area contributed by atoms with Crippen LogP contribution in [0, 0.1) is 0 Å². The summed E-state index contributed by atoms with van der Waals surface area (Å²) in [6.45, 7) is -1.32. The first kappa shape index (κ1) is 50.4. The van der Waals surface area contributed by atoms with Gasteiger partial charge in [-0.2, -0.15) is 39.5 Å². The second kappa shape index (κ2) is 20.3. The number of hydrogen-bond acceptors (Lipinski definition) is 11. The standard InChI is InChI=1S/C55H34F10N10O/c56-27-31-7-5-9-33(25-31)43-20-23-67-50(72-43)45-47(51-69-28-40(46(74-51)38-12-2-1-8-35(38)29-76)49-66-22-19-42(71-49)32-15-17-36(18-16-32)53(57,58)59)70-30-75(48(45)39-13-3-4-14-41(39)55(63,64)65)52-68-24-21-44(73-52)34-10-6-11-37(26-34)54(60,61)62/h1-26,28,30,48,76H,27,29H2. The molecule has 1 N–H and O–H groups in total. The van der Waals surface area contributed by atoms with Crippen LogP contribution >= 0.6 is 0 Å². The fourth-order valence-corrected chi connectivity index (χ4v) is 8.58. The van der Waals surface area contributed by atoms with Crippen molar-refractivity contribution in [2.75, 3.05) is 4.90 Å². The molecule has 4 aromatic heterocycles. The summed E-state index contributed by atoms with van der Waals surface area (Å²) >= 11 is 0. The van der Waals surface area contributed by atoms with Crippen molar-refractivity contribution in [1.29, 1.82) is 0 Å². The van der Waals surface area contributed by atoms with E-state index in [0.29, 0.717) is 27.8 Å². The van der Waals surface area contributed by atoms with Gasteiger partial charge in [-0.1, -0.05) is 84.9 Å². The number of hydrogen-bond donors (Lipinski definition) is 1. The van der Waals surface area contributed by atoms with Crippen LogP contribution in [0.4, 0.5) is 49.9 Å². The summed E-state index contributed by atoms with van der Waals surface area (Å²) in [5.74, 6) is -0.741. The lowest BCUT2D eigenvalue weighted by molar-refractivity contribution is -0.138. The van der Waals surface area contributed by atoms with Crippen molar-refractivity contribution in [2.24, 2.45) is 4.99 Å². The van der Waals surface area contributed by atoms with E-state index in [2.05, 4.69) is 24.9 Å². The third kappa shape index (κ3) is 10.2. The van der Waals surface area contributed by atoms with Gasteiger partial charge in [0.25, 0.3) is 0 Å². The number of aliphatic hydroxyl groups is 1. The zero-order valence-corrected chi connectivity index (χ0v) is 38.9. The number of alkyl halides is 10. The molecule has 1 aliphatic rings. The quantitative estimate of drug-likeness (QED) is 0.125. The van der Waals surface area contributed by atoms with E-state index in [-0.39, 0.29) is 68.6 Å². The maximum absolute atomic E-state index is 15.4. The molecule has 10 rings (SSSR count). The Labute approximate surface area is 424 Å². The lowest BCUT2D eigenvalue weighted by Gasteiger charge is -2.35. The van der Waals surface area contributed by atoms with Gasteiger partial charge in [-0.15, -0.1) is 0 Å². The van der Waals surface area contributed by atoms with E-state index in [1.807, 2.05) is 0 Å². The van der Waals surface area contributed by atoms with Gasteiger partial charge in [0, 0.05) is 47.0 Å². The summed E-state index contributed by atoms with van der Waals surface area (Å²) < 4.78 is 143. The topological polar surface area (TPSA) is 139 Å². The van der Waals surface area contributed by atoms with Crippen molar-refractivity contribution in [3.63, 3.8) is 0 Å². The number of aliphatic imine (C=N–C) groups is 1. The lowest BCUT2D eigenvalue weighted by Crippen LogP contribution is -2.35. The number of halogens is 10. The molecule has 1 aliphatic heterocycles. The van der Waals surface area contributed by atoms with Gasteiger partial charge in [0.05, 0.1) is 69.6 Å². The second-order valence-electron chi connectivity index (χ2n) is 16.9. The number of aromatic nitrogens is 8. The van der Waals surface area contributed by atoms with Crippen LogP contribution in [0.25, 0.3) is 67.7 Å². The lowest BCUT2D eigenvalue weighted by atomic mass is 9.89.